The minimum absolute atomic E-state index is 0.0199. The zero-order chi connectivity index (χ0) is 23.7. The number of fused-ring (bicyclic) bond motifs is 2. The molecular formula is C31H29NO3. The highest BCUT2D eigenvalue weighted by atomic mass is 16.5. The largest absolute Gasteiger partial charge is 0.488 e. The number of rotatable bonds is 6. The molecule has 1 unspecified atom stereocenters. The van der Waals surface area contributed by atoms with Gasteiger partial charge in [0.1, 0.15) is 23.7 Å². The Morgan fingerprint density at radius 3 is 2.51 bits per heavy atom. The molecule has 1 aliphatic carbocycles. The second-order valence-corrected chi connectivity index (χ2v) is 9.72. The van der Waals surface area contributed by atoms with Gasteiger partial charge in [0.15, 0.2) is 0 Å². The Hall–Kier alpha value is -3.79. The van der Waals surface area contributed by atoms with Gasteiger partial charge in [-0.15, -0.1) is 0 Å². The maximum absolute atomic E-state index is 13.3. The van der Waals surface area contributed by atoms with Crippen molar-refractivity contribution in [3.63, 3.8) is 0 Å². The van der Waals surface area contributed by atoms with E-state index >= 15 is 0 Å². The molecular weight excluding hydrogens is 434 g/mol. The van der Waals surface area contributed by atoms with Crippen molar-refractivity contribution in [2.24, 2.45) is 0 Å². The number of amides is 1. The van der Waals surface area contributed by atoms with Crippen LogP contribution in [0.15, 0.2) is 91.0 Å². The lowest BCUT2D eigenvalue weighted by atomic mass is 9.72. The van der Waals surface area contributed by atoms with E-state index in [9.17, 15) is 4.79 Å². The van der Waals surface area contributed by atoms with Crippen molar-refractivity contribution in [3.05, 3.63) is 108 Å². The number of ether oxygens (including phenoxy) is 2. The van der Waals surface area contributed by atoms with Crippen molar-refractivity contribution in [2.45, 2.75) is 50.4 Å². The summed E-state index contributed by atoms with van der Waals surface area (Å²) in [6, 6.07) is 30.3. The van der Waals surface area contributed by atoms with Crippen LogP contribution in [0.25, 0.3) is 10.8 Å². The highest BCUT2D eigenvalue weighted by molar-refractivity contribution is 5.90. The zero-order valence-electron chi connectivity index (χ0n) is 19.7. The van der Waals surface area contributed by atoms with Crippen LogP contribution >= 0.6 is 0 Å². The number of carbonyl (C=O) groups excluding carboxylic acids is 1. The number of carbonyl (C=O) groups is 1. The average molecular weight is 464 g/mol. The summed E-state index contributed by atoms with van der Waals surface area (Å²) in [5.41, 5.74) is 2.92. The Kier molecular flexibility index (Phi) is 5.65. The first kappa shape index (κ1) is 21.7. The summed E-state index contributed by atoms with van der Waals surface area (Å²) < 4.78 is 12.8. The van der Waals surface area contributed by atoms with Crippen LogP contribution < -0.4 is 14.8 Å². The van der Waals surface area contributed by atoms with Crippen molar-refractivity contribution in [3.8, 4) is 11.5 Å². The minimum atomic E-state index is -0.178. The molecule has 0 saturated heterocycles. The Morgan fingerprint density at radius 2 is 1.69 bits per heavy atom. The molecule has 1 heterocycles. The van der Waals surface area contributed by atoms with Crippen LogP contribution in [0.1, 0.15) is 48.4 Å². The molecule has 4 nitrogen and oxygen atoms in total. The summed E-state index contributed by atoms with van der Waals surface area (Å²) in [5.74, 6) is 1.62. The van der Waals surface area contributed by atoms with Gasteiger partial charge in [-0.3, -0.25) is 4.79 Å². The molecule has 1 spiro atoms. The third kappa shape index (κ3) is 4.37. The lowest BCUT2D eigenvalue weighted by Crippen LogP contribution is -2.50. The van der Waals surface area contributed by atoms with Crippen molar-refractivity contribution in [2.75, 3.05) is 0 Å². The molecule has 4 heteroatoms. The molecule has 35 heavy (non-hydrogen) atoms. The van der Waals surface area contributed by atoms with Gasteiger partial charge in [-0.2, -0.15) is 0 Å². The molecule has 1 fully saturated rings. The lowest BCUT2D eigenvalue weighted by Gasteiger charge is -2.48. The van der Waals surface area contributed by atoms with Crippen LogP contribution in [0.2, 0.25) is 0 Å². The van der Waals surface area contributed by atoms with Gasteiger partial charge in [0, 0.05) is 6.42 Å². The van der Waals surface area contributed by atoms with E-state index in [0.29, 0.717) is 13.0 Å². The van der Waals surface area contributed by atoms with Crippen molar-refractivity contribution in [1.82, 2.24) is 5.32 Å². The lowest BCUT2D eigenvalue weighted by molar-refractivity contribution is -0.122. The molecule has 1 aliphatic heterocycles. The molecule has 0 aromatic heterocycles. The van der Waals surface area contributed by atoms with Gasteiger partial charge in [-0.25, -0.2) is 0 Å². The number of hydrogen-bond donors (Lipinski definition) is 1. The van der Waals surface area contributed by atoms with E-state index < -0.39 is 0 Å². The van der Waals surface area contributed by atoms with Gasteiger partial charge in [0.25, 0.3) is 0 Å². The molecule has 2 aliphatic rings. The first-order chi connectivity index (χ1) is 17.2. The third-order valence-electron chi connectivity index (χ3n) is 7.35. The quantitative estimate of drug-likeness (QED) is 0.354. The summed E-state index contributed by atoms with van der Waals surface area (Å²) in [6.07, 6.45) is 4.33. The molecule has 0 radical (unpaired) electrons. The fraction of sp³-hybridized carbons (Fsp3) is 0.258. The summed E-state index contributed by atoms with van der Waals surface area (Å²) in [4.78, 5) is 13.3. The topological polar surface area (TPSA) is 47.6 Å². The van der Waals surface area contributed by atoms with E-state index in [1.165, 1.54) is 0 Å². The van der Waals surface area contributed by atoms with Crippen LogP contribution in [0, 0.1) is 0 Å². The molecule has 1 N–H and O–H groups in total. The van der Waals surface area contributed by atoms with Crippen LogP contribution in [-0.2, 0) is 17.8 Å². The molecule has 1 atom stereocenters. The molecule has 4 aromatic rings. The van der Waals surface area contributed by atoms with E-state index in [2.05, 4.69) is 35.6 Å². The van der Waals surface area contributed by atoms with Crippen LogP contribution in [0.5, 0.6) is 11.5 Å². The van der Waals surface area contributed by atoms with Gasteiger partial charge in [0.05, 0.1) is 18.0 Å². The van der Waals surface area contributed by atoms with E-state index in [4.69, 9.17) is 9.47 Å². The maximum Gasteiger partial charge on any atom is 0.224 e. The van der Waals surface area contributed by atoms with Gasteiger partial charge in [-0.1, -0.05) is 78.9 Å². The number of hydrogen-bond acceptors (Lipinski definition) is 3. The first-order valence-corrected chi connectivity index (χ1v) is 12.4. The smallest absolute Gasteiger partial charge is 0.224 e. The van der Waals surface area contributed by atoms with Gasteiger partial charge >= 0.3 is 0 Å². The Bertz CT molecular complexity index is 1360. The van der Waals surface area contributed by atoms with E-state index in [1.807, 2.05) is 60.7 Å². The van der Waals surface area contributed by atoms with Crippen molar-refractivity contribution < 1.29 is 14.3 Å². The fourth-order valence-corrected chi connectivity index (χ4v) is 5.43. The average Bonchev–Trinajstić information content (AvgIpc) is 2.87. The second-order valence-electron chi connectivity index (χ2n) is 9.72. The van der Waals surface area contributed by atoms with Gasteiger partial charge in [0.2, 0.25) is 5.91 Å². The summed E-state index contributed by atoms with van der Waals surface area (Å²) in [6.45, 7) is 0.471. The molecule has 4 aromatic carbocycles. The fourth-order valence-electron chi connectivity index (χ4n) is 5.43. The zero-order valence-corrected chi connectivity index (χ0v) is 19.7. The highest BCUT2D eigenvalue weighted by Gasteiger charge is 2.46. The Labute approximate surface area is 205 Å². The van der Waals surface area contributed by atoms with E-state index in [1.54, 1.807) is 0 Å². The summed E-state index contributed by atoms with van der Waals surface area (Å²) in [7, 11) is 0. The third-order valence-corrected chi connectivity index (χ3v) is 7.35. The predicted octanol–water partition coefficient (Wildman–Crippen LogP) is 6.52. The van der Waals surface area contributed by atoms with Gasteiger partial charge in [-0.05, 0) is 53.3 Å². The molecule has 0 bridgehead atoms. The monoisotopic (exact) mass is 463 g/mol. The Morgan fingerprint density at radius 1 is 0.914 bits per heavy atom. The molecule has 176 valence electrons. The highest BCUT2D eigenvalue weighted by Crippen LogP contribution is 2.51. The van der Waals surface area contributed by atoms with E-state index in [-0.39, 0.29) is 17.6 Å². The minimum Gasteiger partial charge on any atom is -0.488 e. The van der Waals surface area contributed by atoms with Crippen LogP contribution in [-0.4, -0.2) is 11.5 Å². The summed E-state index contributed by atoms with van der Waals surface area (Å²) >= 11 is 0. The van der Waals surface area contributed by atoms with E-state index in [0.717, 1.165) is 64.6 Å². The first-order valence-electron chi connectivity index (χ1n) is 12.4. The second kappa shape index (κ2) is 9.10. The van der Waals surface area contributed by atoms with Crippen LogP contribution in [0.4, 0.5) is 0 Å². The molecule has 1 saturated carbocycles. The van der Waals surface area contributed by atoms with Crippen LogP contribution in [0.3, 0.4) is 0 Å². The molecule has 6 rings (SSSR count). The van der Waals surface area contributed by atoms with Gasteiger partial charge < -0.3 is 14.8 Å². The Balaban J connectivity index is 1.27. The van der Waals surface area contributed by atoms with Crippen molar-refractivity contribution >= 4 is 16.7 Å². The SMILES string of the molecule is O=C(Cc1cccc2ccccc12)NC1CC2(CCC2)Oc2cccc(OCc3ccccc3)c21. The summed E-state index contributed by atoms with van der Waals surface area (Å²) in [5, 5.41) is 5.63. The van der Waals surface area contributed by atoms with Crippen molar-refractivity contribution in [1.29, 1.82) is 0 Å². The normalized spacial score (nSPS) is 17.8. The number of benzene rings is 4. The standard InChI is InChI=1S/C31H29NO3/c33-29(19-24-13-6-12-23-11-4-5-14-25(23)24)32-26-20-31(17-8-18-31)35-28-16-7-15-27(30(26)28)34-21-22-9-2-1-3-10-22/h1-7,9-16,26H,8,17-21H2,(H,32,33). The number of nitrogens with one attached hydrogen (secondary N) is 1. The predicted molar refractivity (Wildman–Crippen MR) is 138 cm³/mol. The maximum atomic E-state index is 13.3. The molecule has 1 amide bonds.